The Balaban J connectivity index is 1.88. The summed E-state index contributed by atoms with van der Waals surface area (Å²) in [6.45, 7) is 0. The average Bonchev–Trinajstić information content (AvgIpc) is 2.64. The van der Waals surface area contributed by atoms with Crippen LogP contribution >= 0.6 is 0 Å². The van der Waals surface area contributed by atoms with Crippen molar-refractivity contribution in [2.24, 2.45) is 15.3 Å². The van der Waals surface area contributed by atoms with Gasteiger partial charge in [-0.15, -0.1) is 10.2 Å². The largest absolute Gasteiger partial charge is 0.276 e. The highest BCUT2D eigenvalue weighted by molar-refractivity contribution is 5.99. The van der Waals surface area contributed by atoms with E-state index in [0.29, 0.717) is 17.1 Å². The lowest BCUT2D eigenvalue weighted by Crippen LogP contribution is -2.01. The molecule has 0 aliphatic rings. The highest BCUT2D eigenvalue weighted by Gasteiger charge is 2.03. The van der Waals surface area contributed by atoms with E-state index in [1.807, 2.05) is 60.7 Å². The third kappa shape index (κ3) is 4.33. The van der Waals surface area contributed by atoms with Crippen molar-refractivity contribution in [3.8, 4) is 0 Å². The first-order valence-electron chi connectivity index (χ1n) is 7.43. The zero-order valence-corrected chi connectivity index (χ0v) is 12.8. The maximum Gasteiger partial charge on any atom is 0.201 e. The molecule has 0 radical (unpaired) electrons. The lowest BCUT2D eigenvalue weighted by atomic mass is 10.2. The van der Waals surface area contributed by atoms with E-state index in [-0.39, 0.29) is 5.82 Å². The van der Waals surface area contributed by atoms with Crippen molar-refractivity contribution in [3.63, 3.8) is 0 Å². The smallest absolute Gasteiger partial charge is 0.201 e. The molecular weight excluding hydrogens is 303 g/mol. The predicted molar refractivity (Wildman–Crippen MR) is 94.0 cm³/mol. The summed E-state index contributed by atoms with van der Waals surface area (Å²) in [5, 5.41) is 12.7. The van der Waals surface area contributed by atoms with Crippen LogP contribution in [0.25, 0.3) is 0 Å². The van der Waals surface area contributed by atoms with Crippen LogP contribution in [0.1, 0.15) is 5.56 Å². The Kier molecular flexibility index (Phi) is 5.04. The van der Waals surface area contributed by atoms with Gasteiger partial charge in [-0.25, -0.2) is 4.39 Å². The molecule has 3 aromatic rings. The Hall–Kier alpha value is -3.34. The number of hydrogen-bond acceptors (Lipinski definition) is 3. The normalized spacial score (nSPS) is 11.6. The van der Waals surface area contributed by atoms with Gasteiger partial charge in [-0.1, -0.05) is 36.4 Å². The van der Waals surface area contributed by atoms with Crippen LogP contribution in [0.2, 0.25) is 0 Å². The average molecular weight is 318 g/mol. The molecule has 24 heavy (non-hydrogen) atoms. The van der Waals surface area contributed by atoms with Crippen molar-refractivity contribution in [2.75, 3.05) is 5.43 Å². The Morgan fingerprint density at radius 2 is 1.38 bits per heavy atom. The first kappa shape index (κ1) is 15.6. The molecule has 0 bridgehead atoms. The van der Waals surface area contributed by atoms with E-state index >= 15 is 0 Å². The number of benzene rings is 3. The Labute approximate surface area is 139 Å². The number of azo groups is 1. The highest BCUT2D eigenvalue weighted by atomic mass is 19.1. The summed E-state index contributed by atoms with van der Waals surface area (Å²) < 4.78 is 13.1. The van der Waals surface area contributed by atoms with E-state index in [4.69, 9.17) is 0 Å². The zero-order valence-electron chi connectivity index (χ0n) is 12.8. The van der Waals surface area contributed by atoms with Gasteiger partial charge in [0.15, 0.2) is 0 Å². The number of rotatable bonds is 4. The fraction of sp³-hybridized carbons (Fsp3) is 0. The number of para-hydroxylation sites is 1. The summed E-state index contributed by atoms with van der Waals surface area (Å²) in [5.41, 5.74) is 5.14. The first-order valence-corrected chi connectivity index (χ1v) is 7.43. The maximum atomic E-state index is 13.1. The summed E-state index contributed by atoms with van der Waals surface area (Å²) in [6, 6.07) is 24.8. The number of nitrogens with zero attached hydrogens (tertiary/aromatic N) is 3. The van der Waals surface area contributed by atoms with Crippen molar-refractivity contribution in [1.29, 1.82) is 0 Å². The monoisotopic (exact) mass is 318 g/mol. The van der Waals surface area contributed by atoms with E-state index in [2.05, 4.69) is 20.8 Å². The molecule has 4 nitrogen and oxygen atoms in total. The van der Waals surface area contributed by atoms with Crippen LogP contribution in [0.3, 0.4) is 0 Å². The number of halogens is 1. The van der Waals surface area contributed by atoms with E-state index in [9.17, 15) is 4.39 Å². The summed E-state index contributed by atoms with van der Waals surface area (Å²) >= 11 is 0. The summed E-state index contributed by atoms with van der Waals surface area (Å²) in [6.07, 6.45) is 0. The highest BCUT2D eigenvalue weighted by Crippen LogP contribution is 2.13. The Morgan fingerprint density at radius 1 is 0.750 bits per heavy atom. The standard InChI is InChI=1S/C19H15FN4/c20-16-13-11-15(12-14-16)19(23-21-17-7-3-1-4-8-17)24-22-18-9-5-2-6-10-18/h1-14,21H/b23-19-,24-22?. The van der Waals surface area contributed by atoms with Crippen LogP contribution in [0, 0.1) is 5.82 Å². The van der Waals surface area contributed by atoms with Crippen molar-refractivity contribution >= 4 is 17.2 Å². The van der Waals surface area contributed by atoms with Crippen LogP contribution in [0.15, 0.2) is 100 Å². The molecular formula is C19H15FN4. The minimum absolute atomic E-state index is 0.311. The molecule has 0 aliphatic heterocycles. The van der Waals surface area contributed by atoms with E-state index in [1.165, 1.54) is 12.1 Å². The van der Waals surface area contributed by atoms with Gasteiger partial charge >= 0.3 is 0 Å². The quantitative estimate of drug-likeness (QED) is 0.298. The van der Waals surface area contributed by atoms with Gasteiger partial charge in [0.2, 0.25) is 5.84 Å². The second-order valence-electron chi connectivity index (χ2n) is 4.96. The van der Waals surface area contributed by atoms with Crippen LogP contribution in [-0.2, 0) is 0 Å². The van der Waals surface area contributed by atoms with Crippen molar-refractivity contribution in [3.05, 3.63) is 96.3 Å². The van der Waals surface area contributed by atoms with Gasteiger partial charge < -0.3 is 0 Å². The Bertz CT molecular complexity index is 828. The van der Waals surface area contributed by atoms with Gasteiger partial charge in [-0.2, -0.15) is 5.10 Å². The molecule has 3 rings (SSSR count). The molecule has 0 saturated heterocycles. The fourth-order valence-electron chi connectivity index (χ4n) is 1.97. The molecule has 0 amide bonds. The van der Waals surface area contributed by atoms with Crippen LogP contribution in [0.4, 0.5) is 15.8 Å². The lowest BCUT2D eigenvalue weighted by molar-refractivity contribution is 0.628. The maximum absolute atomic E-state index is 13.1. The van der Waals surface area contributed by atoms with Crippen molar-refractivity contribution < 1.29 is 4.39 Å². The number of hydrogen-bond donors (Lipinski definition) is 1. The molecule has 0 atom stereocenters. The first-order chi connectivity index (χ1) is 11.8. The third-order valence-corrected chi connectivity index (χ3v) is 3.18. The van der Waals surface area contributed by atoms with Gasteiger partial charge in [0.05, 0.1) is 11.4 Å². The number of anilines is 1. The van der Waals surface area contributed by atoms with E-state index in [1.54, 1.807) is 12.1 Å². The molecule has 0 heterocycles. The van der Waals surface area contributed by atoms with Crippen molar-refractivity contribution in [2.45, 2.75) is 0 Å². The van der Waals surface area contributed by atoms with Gasteiger partial charge in [0.25, 0.3) is 0 Å². The van der Waals surface area contributed by atoms with Crippen molar-refractivity contribution in [1.82, 2.24) is 0 Å². The molecule has 118 valence electrons. The molecule has 0 spiro atoms. The van der Waals surface area contributed by atoms with Gasteiger partial charge in [0, 0.05) is 5.56 Å². The molecule has 0 saturated carbocycles. The van der Waals surface area contributed by atoms with Gasteiger partial charge in [-0.3, -0.25) is 5.43 Å². The number of amidine groups is 1. The minimum Gasteiger partial charge on any atom is -0.276 e. The van der Waals surface area contributed by atoms with E-state index in [0.717, 1.165) is 5.69 Å². The summed E-state index contributed by atoms with van der Waals surface area (Å²) in [4.78, 5) is 0. The third-order valence-electron chi connectivity index (χ3n) is 3.18. The molecule has 0 fully saturated rings. The molecule has 3 aromatic carbocycles. The van der Waals surface area contributed by atoms with Crippen LogP contribution in [0.5, 0.6) is 0 Å². The lowest BCUT2D eigenvalue weighted by Gasteiger charge is -2.03. The Morgan fingerprint density at radius 3 is 2.04 bits per heavy atom. The minimum atomic E-state index is -0.311. The molecule has 0 unspecified atom stereocenters. The molecule has 5 heteroatoms. The molecule has 0 aromatic heterocycles. The number of nitrogens with one attached hydrogen (secondary N) is 1. The van der Waals surface area contributed by atoms with Gasteiger partial charge in [0.1, 0.15) is 5.82 Å². The fourth-order valence-corrected chi connectivity index (χ4v) is 1.97. The van der Waals surface area contributed by atoms with Gasteiger partial charge in [-0.05, 0) is 48.5 Å². The second-order valence-corrected chi connectivity index (χ2v) is 4.96. The SMILES string of the molecule is Fc1ccc(/C(N=Nc2ccccc2)=N/Nc2ccccc2)cc1. The topological polar surface area (TPSA) is 49.1 Å². The number of hydrazone groups is 1. The van der Waals surface area contributed by atoms with E-state index < -0.39 is 0 Å². The molecule has 1 N–H and O–H groups in total. The predicted octanol–water partition coefficient (Wildman–Crippen LogP) is 5.38. The second kappa shape index (κ2) is 7.78. The zero-order chi connectivity index (χ0) is 16.6. The summed E-state index contributed by atoms with van der Waals surface area (Å²) in [5.74, 6) is 0.0526. The van der Waals surface area contributed by atoms with Crippen LogP contribution in [-0.4, -0.2) is 5.84 Å². The molecule has 0 aliphatic carbocycles. The summed E-state index contributed by atoms with van der Waals surface area (Å²) in [7, 11) is 0. The van der Waals surface area contributed by atoms with Crippen LogP contribution < -0.4 is 5.43 Å².